The number of hydrogen-bond acceptors (Lipinski definition) is 4. The molecule has 2 rings (SSSR count). The zero-order chi connectivity index (χ0) is 11.5. The van der Waals surface area contributed by atoms with E-state index in [-0.39, 0.29) is 6.04 Å². The monoisotopic (exact) mass is 222 g/mol. The summed E-state index contributed by atoms with van der Waals surface area (Å²) in [4.78, 5) is 5.08. The van der Waals surface area contributed by atoms with Crippen molar-refractivity contribution in [2.24, 2.45) is 0 Å². The lowest BCUT2D eigenvalue weighted by atomic mass is 10.1. The number of nitriles is 1. The van der Waals surface area contributed by atoms with Crippen molar-refractivity contribution < 1.29 is 0 Å². The molecule has 3 unspecified atom stereocenters. The van der Waals surface area contributed by atoms with Crippen LogP contribution < -0.4 is 5.32 Å². The van der Waals surface area contributed by atoms with Crippen LogP contribution in [0.15, 0.2) is 0 Å². The quantitative estimate of drug-likeness (QED) is 0.744. The molecule has 0 spiro atoms. The lowest BCUT2D eigenvalue weighted by Crippen LogP contribution is -2.57. The van der Waals surface area contributed by atoms with Crippen LogP contribution in [-0.4, -0.2) is 61.2 Å². The topological polar surface area (TPSA) is 42.3 Å². The van der Waals surface area contributed by atoms with Crippen molar-refractivity contribution in [1.29, 1.82) is 5.26 Å². The molecule has 0 aromatic rings. The van der Waals surface area contributed by atoms with Crippen LogP contribution in [0.2, 0.25) is 0 Å². The smallest absolute Gasteiger partial charge is 0.108 e. The summed E-state index contributed by atoms with van der Waals surface area (Å²) < 4.78 is 0. The first-order valence-corrected chi connectivity index (χ1v) is 6.29. The standard InChI is InChI=1S/C12H22N4/c1-10-7-15-5-3-4-12(15)9-16(10)8-11(6-13)14-2/h10-12,14H,3-5,7-9H2,1-2H3. The van der Waals surface area contributed by atoms with E-state index in [1.807, 2.05) is 7.05 Å². The summed E-state index contributed by atoms with van der Waals surface area (Å²) in [6, 6.07) is 3.61. The molecule has 1 N–H and O–H groups in total. The second-order valence-corrected chi connectivity index (χ2v) is 5.06. The molecule has 0 radical (unpaired) electrons. The summed E-state index contributed by atoms with van der Waals surface area (Å²) in [5.74, 6) is 0. The number of hydrogen-bond donors (Lipinski definition) is 1. The molecule has 2 aliphatic heterocycles. The highest BCUT2D eigenvalue weighted by atomic mass is 15.3. The molecular formula is C12H22N4. The van der Waals surface area contributed by atoms with Gasteiger partial charge in [-0.3, -0.25) is 9.80 Å². The van der Waals surface area contributed by atoms with Crippen molar-refractivity contribution >= 4 is 0 Å². The predicted molar refractivity (Wildman–Crippen MR) is 64.1 cm³/mol. The van der Waals surface area contributed by atoms with E-state index >= 15 is 0 Å². The molecule has 0 aromatic carbocycles. The van der Waals surface area contributed by atoms with Crippen molar-refractivity contribution in [3.63, 3.8) is 0 Å². The number of piperazine rings is 1. The van der Waals surface area contributed by atoms with Gasteiger partial charge in [-0.1, -0.05) is 0 Å². The Kier molecular flexibility index (Phi) is 3.80. The van der Waals surface area contributed by atoms with E-state index in [1.165, 1.54) is 25.9 Å². The Morgan fingerprint density at radius 2 is 2.31 bits per heavy atom. The van der Waals surface area contributed by atoms with E-state index in [4.69, 9.17) is 5.26 Å². The third-order valence-electron chi connectivity index (χ3n) is 3.99. The summed E-state index contributed by atoms with van der Waals surface area (Å²) in [6.07, 6.45) is 2.68. The van der Waals surface area contributed by atoms with Gasteiger partial charge in [0, 0.05) is 31.7 Å². The van der Waals surface area contributed by atoms with Crippen molar-refractivity contribution in [3.8, 4) is 6.07 Å². The van der Waals surface area contributed by atoms with Crippen LogP contribution >= 0.6 is 0 Å². The SMILES string of the molecule is CNC(C#N)CN1CC2CCCN2CC1C. The minimum atomic E-state index is -0.0320. The van der Waals surface area contributed by atoms with Gasteiger partial charge in [0.2, 0.25) is 0 Å². The molecule has 16 heavy (non-hydrogen) atoms. The van der Waals surface area contributed by atoms with Crippen molar-refractivity contribution in [2.45, 2.75) is 37.9 Å². The highest BCUT2D eigenvalue weighted by molar-refractivity contribution is 4.96. The number of likely N-dealkylation sites (N-methyl/N-ethyl adjacent to an activating group) is 1. The lowest BCUT2D eigenvalue weighted by molar-refractivity contribution is 0.0568. The van der Waals surface area contributed by atoms with Crippen LogP contribution in [-0.2, 0) is 0 Å². The fourth-order valence-corrected chi connectivity index (χ4v) is 2.93. The molecule has 0 aliphatic carbocycles. The number of nitrogens with one attached hydrogen (secondary N) is 1. The van der Waals surface area contributed by atoms with Crippen LogP contribution in [0.25, 0.3) is 0 Å². The molecule has 2 saturated heterocycles. The highest BCUT2D eigenvalue weighted by Gasteiger charge is 2.34. The third kappa shape index (κ3) is 2.37. The Morgan fingerprint density at radius 3 is 3.00 bits per heavy atom. The molecule has 0 aromatic heterocycles. The van der Waals surface area contributed by atoms with Crippen LogP contribution in [0.4, 0.5) is 0 Å². The minimum absolute atomic E-state index is 0.0320. The van der Waals surface area contributed by atoms with Gasteiger partial charge in [-0.05, 0) is 33.4 Å². The second-order valence-electron chi connectivity index (χ2n) is 5.06. The molecule has 90 valence electrons. The highest BCUT2D eigenvalue weighted by Crippen LogP contribution is 2.24. The average Bonchev–Trinajstić information content (AvgIpc) is 2.72. The Bertz CT molecular complexity index is 273. The van der Waals surface area contributed by atoms with E-state index in [0.717, 1.165) is 19.1 Å². The maximum atomic E-state index is 8.98. The molecule has 0 bridgehead atoms. The van der Waals surface area contributed by atoms with Gasteiger partial charge < -0.3 is 5.32 Å². The van der Waals surface area contributed by atoms with Crippen LogP contribution in [0.1, 0.15) is 19.8 Å². The normalized spacial score (nSPS) is 33.3. The van der Waals surface area contributed by atoms with Crippen LogP contribution in [0, 0.1) is 11.3 Å². The van der Waals surface area contributed by atoms with Crippen molar-refractivity contribution in [1.82, 2.24) is 15.1 Å². The zero-order valence-electron chi connectivity index (χ0n) is 10.3. The number of nitrogens with zero attached hydrogens (tertiary/aromatic N) is 3. The second kappa shape index (κ2) is 5.13. The maximum Gasteiger partial charge on any atom is 0.108 e. The molecule has 4 heteroatoms. The fourth-order valence-electron chi connectivity index (χ4n) is 2.93. The zero-order valence-corrected chi connectivity index (χ0v) is 10.3. The van der Waals surface area contributed by atoms with Gasteiger partial charge >= 0.3 is 0 Å². The molecule has 3 atom stereocenters. The summed E-state index contributed by atoms with van der Waals surface area (Å²) in [6.45, 7) is 6.72. The average molecular weight is 222 g/mol. The first-order chi connectivity index (χ1) is 7.74. The van der Waals surface area contributed by atoms with Crippen molar-refractivity contribution in [3.05, 3.63) is 0 Å². The Balaban J connectivity index is 1.92. The van der Waals surface area contributed by atoms with Gasteiger partial charge in [0.15, 0.2) is 0 Å². The van der Waals surface area contributed by atoms with Gasteiger partial charge in [-0.2, -0.15) is 5.26 Å². The van der Waals surface area contributed by atoms with E-state index in [9.17, 15) is 0 Å². The van der Waals surface area contributed by atoms with Crippen LogP contribution in [0.3, 0.4) is 0 Å². The third-order valence-corrected chi connectivity index (χ3v) is 3.99. The molecule has 0 amide bonds. The van der Waals surface area contributed by atoms with E-state index in [1.54, 1.807) is 0 Å². The summed E-state index contributed by atoms with van der Waals surface area (Å²) >= 11 is 0. The molecular weight excluding hydrogens is 200 g/mol. The Morgan fingerprint density at radius 1 is 1.50 bits per heavy atom. The summed E-state index contributed by atoms with van der Waals surface area (Å²) in [5.41, 5.74) is 0. The number of fused-ring (bicyclic) bond motifs is 1. The Labute approximate surface area is 98.2 Å². The molecule has 4 nitrogen and oxygen atoms in total. The van der Waals surface area contributed by atoms with Gasteiger partial charge in [0.1, 0.15) is 6.04 Å². The largest absolute Gasteiger partial charge is 0.304 e. The molecule has 0 saturated carbocycles. The maximum absolute atomic E-state index is 8.98. The van der Waals surface area contributed by atoms with Crippen molar-refractivity contribution in [2.75, 3.05) is 33.2 Å². The van der Waals surface area contributed by atoms with E-state index in [2.05, 4.69) is 28.1 Å². The van der Waals surface area contributed by atoms with E-state index < -0.39 is 0 Å². The van der Waals surface area contributed by atoms with Gasteiger partial charge in [0.05, 0.1) is 6.07 Å². The first-order valence-electron chi connectivity index (χ1n) is 6.29. The summed E-state index contributed by atoms with van der Waals surface area (Å²) in [7, 11) is 1.87. The number of rotatable bonds is 3. The lowest BCUT2D eigenvalue weighted by Gasteiger charge is -2.42. The predicted octanol–water partition coefficient (Wildman–Crippen LogP) is 0.266. The van der Waals surface area contributed by atoms with Gasteiger partial charge in [0.25, 0.3) is 0 Å². The van der Waals surface area contributed by atoms with Gasteiger partial charge in [-0.15, -0.1) is 0 Å². The summed E-state index contributed by atoms with van der Waals surface area (Å²) in [5, 5.41) is 12.0. The molecule has 2 aliphatic rings. The molecule has 2 heterocycles. The molecule has 2 fully saturated rings. The van der Waals surface area contributed by atoms with Crippen LogP contribution in [0.5, 0.6) is 0 Å². The Hall–Kier alpha value is -0.630. The fraction of sp³-hybridized carbons (Fsp3) is 0.917. The van der Waals surface area contributed by atoms with Gasteiger partial charge in [-0.25, -0.2) is 0 Å². The first kappa shape index (κ1) is 11.8. The van der Waals surface area contributed by atoms with E-state index in [0.29, 0.717) is 6.04 Å². The minimum Gasteiger partial charge on any atom is -0.304 e.